The molecule has 3 N–H and O–H groups in total. The molecule has 0 bridgehead atoms. The molecule has 0 aliphatic heterocycles. The number of carboxylic acid groups (broad SMARTS) is 1. The number of anilines is 1. The molecular weight excluding hydrogens is 272 g/mol. The number of urea groups is 1. The first-order chi connectivity index (χ1) is 8.93. The Hall–Kier alpha value is -1.95. The van der Waals surface area contributed by atoms with Crippen molar-refractivity contribution in [1.29, 1.82) is 0 Å². The number of aliphatic carboxylic acids is 1. The summed E-state index contributed by atoms with van der Waals surface area (Å²) in [6.45, 7) is 1.85. The summed E-state index contributed by atoms with van der Waals surface area (Å²) in [6.07, 6.45) is -0.135. The molecule has 6 nitrogen and oxygen atoms in total. The highest BCUT2D eigenvalue weighted by molar-refractivity contribution is 6.31. The minimum Gasteiger partial charge on any atom is -0.495 e. The van der Waals surface area contributed by atoms with Gasteiger partial charge in [-0.3, -0.25) is 4.79 Å². The van der Waals surface area contributed by atoms with Crippen LogP contribution in [0.3, 0.4) is 0 Å². The van der Waals surface area contributed by atoms with Gasteiger partial charge in [0, 0.05) is 17.6 Å². The highest BCUT2D eigenvalue weighted by atomic mass is 35.5. The minimum absolute atomic E-state index is 0.0516. The number of rotatable bonds is 5. The number of benzene rings is 1. The molecule has 0 saturated heterocycles. The summed E-state index contributed by atoms with van der Waals surface area (Å²) < 4.78 is 5.10. The zero-order valence-corrected chi connectivity index (χ0v) is 11.4. The second-order valence-electron chi connectivity index (χ2n) is 3.83. The maximum Gasteiger partial charge on any atom is 0.319 e. The van der Waals surface area contributed by atoms with Gasteiger partial charge >= 0.3 is 12.0 Å². The smallest absolute Gasteiger partial charge is 0.319 e. The van der Waals surface area contributed by atoms with Gasteiger partial charge < -0.3 is 20.5 Å². The van der Waals surface area contributed by atoms with E-state index in [1.54, 1.807) is 19.1 Å². The molecule has 1 rings (SSSR count). The molecule has 0 heterocycles. The van der Waals surface area contributed by atoms with Crippen LogP contribution in [-0.2, 0) is 4.79 Å². The lowest BCUT2D eigenvalue weighted by atomic mass is 10.2. The fraction of sp³-hybridized carbons (Fsp3) is 0.333. The van der Waals surface area contributed by atoms with Gasteiger partial charge in [0.1, 0.15) is 5.75 Å². The summed E-state index contributed by atoms with van der Waals surface area (Å²) in [5.41, 5.74) is 1.26. The fourth-order valence-electron chi connectivity index (χ4n) is 1.38. The topological polar surface area (TPSA) is 87.7 Å². The van der Waals surface area contributed by atoms with Crippen molar-refractivity contribution in [2.75, 3.05) is 19.0 Å². The number of amides is 2. The molecule has 0 spiro atoms. The Balaban J connectivity index is 2.68. The highest BCUT2D eigenvalue weighted by Gasteiger charge is 2.10. The number of hydrogen-bond donors (Lipinski definition) is 3. The standard InChI is InChI=1S/C12H15ClN2O4/c1-7-5-9(10(19-2)6-8(7)13)15-12(18)14-4-3-11(16)17/h5-6H,3-4H2,1-2H3,(H,16,17)(H2,14,15,18). The van der Waals surface area contributed by atoms with Gasteiger partial charge in [-0.2, -0.15) is 0 Å². The van der Waals surface area contributed by atoms with Gasteiger partial charge in [0.25, 0.3) is 0 Å². The predicted molar refractivity (Wildman–Crippen MR) is 72.0 cm³/mol. The molecule has 0 aliphatic rings. The first-order valence-electron chi connectivity index (χ1n) is 5.55. The molecule has 0 saturated carbocycles. The average molecular weight is 287 g/mol. The van der Waals surface area contributed by atoms with E-state index in [4.69, 9.17) is 21.4 Å². The number of carbonyl (C=O) groups excluding carboxylic acids is 1. The van der Waals surface area contributed by atoms with Crippen LogP contribution in [0.5, 0.6) is 5.75 Å². The van der Waals surface area contributed by atoms with Gasteiger partial charge in [-0.05, 0) is 18.6 Å². The van der Waals surface area contributed by atoms with Crippen LogP contribution in [0.25, 0.3) is 0 Å². The third-order valence-corrected chi connectivity index (χ3v) is 2.76. The van der Waals surface area contributed by atoms with Crippen LogP contribution in [0.15, 0.2) is 12.1 Å². The van der Waals surface area contributed by atoms with E-state index in [1.165, 1.54) is 7.11 Å². The number of halogens is 1. The third kappa shape index (κ3) is 4.67. The zero-order chi connectivity index (χ0) is 14.4. The first-order valence-corrected chi connectivity index (χ1v) is 5.92. The number of nitrogens with one attached hydrogen (secondary N) is 2. The van der Waals surface area contributed by atoms with Crippen LogP contribution in [0.2, 0.25) is 5.02 Å². The molecule has 0 radical (unpaired) electrons. The maximum atomic E-state index is 11.6. The number of hydrogen-bond acceptors (Lipinski definition) is 3. The quantitative estimate of drug-likeness (QED) is 0.775. The summed E-state index contributed by atoms with van der Waals surface area (Å²) in [4.78, 5) is 21.9. The SMILES string of the molecule is COc1cc(Cl)c(C)cc1NC(=O)NCCC(=O)O. The summed E-state index contributed by atoms with van der Waals surface area (Å²) in [5, 5.41) is 14.0. The van der Waals surface area contributed by atoms with E-state index < -0.39 is 12.0 Å². The number of ether oxygens (including phenoxy) is 1. The minimum atomic E-state index is -0.972. The van der Waals surface area contributed by atoms with Crippen LogP contribution in [-0.4, -0.2) is 30.8 Å². The lowest BCUT2D eigenvalue weighted by Crippen LogP contribution is -2.30. The Bertz CT molecular complexity index is 491. The molecule has 1 aromatic rings. The Morgan fingerprint density at radius 2 is 2.11 bits per heavy atom. The molecular formula is C12H15ClN2O4. The van der Waals surface area contributed by atoms with Crippen LogP contribution in [0.1, 0.15) is 12.0 Å². The summed E-state index contributed by atoms with van der Waals surface area (Å²) >= 11 is 5.95. The summed E-state index contributed by atoms with van der Waals surface area (Å²) in [7, 11) is 1.47. The second-order valence-corrected chi connectivity index (χ2v) is 4.23. The first kappa shape index (κ1) is 15.1. The molecule has 19 heavy (non-hydrogen) atoms. The van der Waals surface area contributed by atoms with Crippen molar-refractivity contribution in [3.63, 3.8) is 0 Å². The van der Waals surface area contributed by atoms with Crippen molar-refractivity contribution >= 4 is 29.3 Å². The summed E-state index contributed by atoms with van der Waals surface area (Å²) in [6, 6.07) is 2.78. The molecule has 0 aliphatic carbocycles. The van der Waals surface area contributed by atoms with E-state index in [9.17, 15) is 9.59 Å². The Morgan fingerprint density at radius 1 is 1.42 bits per heavy atom. The molecule has 0 unspecified atom stereocenters. The maximum absolute atomic E-state index is 11.6. The van der Waals surface area contributed by atoms with Gasteiger partial charge in [-0.15, -0.1) is 0 Å². The monoisotopic (exact) mass is 286 g/mol. The van der Waals surface area contributed by atoms with Crippen molar-refractivity contribution in [2.45, 2.75) is 13.3 Å². The van der Waals surface area contributed by atoms with Crippen LogP contribution in [0.4, 0.5) is 10.5 Å². The predicted octanol–water partition coefficient (Wildman–Crippen LogP) is 2.25. The van der Waals surface area contributed by atoms with Crippen LogP contribution >= 0.6 is 11.6 Å². The van der Waals surface area contributed by atoms with Crippen molar-refractivity contribution in [3.05, 3.63) is 22.7 Å². The molecule has 0 fully saturated rings. The van der Waals surface area contributed by atoms with Crippen LogP contribution in [0, 0.1) is 6.92 Å². The Morgan fingerprint density at radius 3 is 2.68 bits per heavy atom. The average Bonchev–Trinajstić information content (AvgIpc) is 2.33. The van der Waals surface area contributed by atoms with E-state index in [1.807, 2.05) is 0 Å². The molecule has 104 valence electrons. The fourth-order valence-corrected chi connectivity index (χ4v) is 1.53. The van der Waals surface area contributed by atoms with Gasteiger partial charge in [0.15, 0.2) is 0 Å². The Labute approximate surface area is 115 Å². The van der Waals surface area contributed by atoms with Crippen molar-refractivity contribution in [3.8, 4) is 5.75 Å². The van der Waals surface area contributed by atoms with Crippen molar-refractivity contribution < 1.29 is 19.4 Å². The van der Waals surface area contributed by atoms with Crippen molar-refractivity contribution in [2.24, 2.45) is 0 Å². The lowest BCUT2D eigenvalue weighted by Gasteiger charge is -2.12. The van der Waals surface area contributed by atoms with Gasteiger partial charge in [-0.25, -0.2) is 4.79 Å². The van der Waals surface area contributed by atoms with E-state index in [0.717, 1.165) is 5.56 Å². The van der Waals surface area contributed by atoms with Gasteiger partial charge in [0.2, 0.25) is 0 Å². The van der Waals surface area contributed by atoms with Gasteiger partial charge in [0.05, 0.1) is 19.2 Å². The normalized spacial score (nSPS) is 9.84. The van der Waals surface area contributed by atoms with E-state index in [-0.39, 0.29) is 13.0 Å². The zero-order valence-electron chi connectivity index (χ0n) is 10.6. The molecule has 0 aromatic heterocycles. The van der Waals surface area contributed by atoms with E-state index >= 15 is 0 Å². The number of carboxylic acids is 1. The number of carbonyl (C=O) groups is 2. The third-order valence-electron chi connectivity index (χ3n) is 2.35. The van der Waals surface area contributed by atoms with Gasteiger partial charge in [-0.1, -0.05) is 11.6 Å². The van der Waals surface area contributed by atoms with Crippen LogP contribution < -0.4 is 15.4 Å². The molecule has 2 amide bonds. The van der Waals surface area contributed by atoms with E-state index in [2.05, 4.69) is 10.6 Å². The lowest BCUT2D eigenvalue weighted by molar-refractivity contribution is -0.136. The molecule has 7 heteroatoms. The van der Waals surface area contributed by atoms with E-state index in [0.29, 0.717) is 16.5 Å². The number of methoxy groups -OCH3 is 1. The Kier molecular flexibility index (Phi) is 5.44. The number of aryl methyl sites for hydroxylation is 1. The highest BCUT2D eigenvalue weighted by Crippen LogP contribution is 2.30. The second kappa shape index (κ2) is 6.84. The van der Waals surface area contributed by atoms with Crippen molar-refractivity contribution in [1.82, 2.24) is 5.32 Å². The molecule has 1 aromatic carbocycles. The largest absolute Gasteiger partial charge is 0.495 e. The molecule has 0 atom stereocenters. The summed E-state index contributed by atoms with van der Waals surface area (Å²) in [5.74, 6) is -0.538.